The van der Waals surface area contributed by atoms with Crippen molar-refractivity contribution in [2.75, 3.05) is 0 Å². The first kappa shape index (κ1) is 10.8. The summed E-state index contributed by atoms with van der Waals surface area (Å²) in [6.07, 6.45) is 0. The first-order valence-corrected chi connectivity index (χ1v) is 3.58. The van der Waals surface area contributed by atoms with Gasteiger partial charge in [0.15, 0.2) is 0 Å². The molecule has 0 saturated heterocycles. The molecular weight excluding hydrogens is 221 g/mol. The molecule has 0 heterocycles. The fourth-order valence-corrected chi connectivity index (χ4v) is 0.860. The van der Waals surface area contributed by atoms with Crippen molar-refractivity contribution in [2.24, 2.45) is 0 Å². The molecule has 0 nitrogen and oxygen atoms in total. The molecule has 0 bridgehead atoms. The number of rotatable bonds is 0. The van der Waals surface area contributed by atoms with Crippen molar-refractivity contribution in [3.8, 4) is 0 Å². The van der Waals surface area contributed by atoms with Crippen molar-refractivity contribution < 1.29 is 19.5 Å². The molecule has 0 N–H and O–H groups in total. The van der Waals surface area contributed by atoms with E-state index in [0.29, 0.717) is 0 Å². The second-order valence-electron chi connectivity index (χ2n) is 3.53. The van der Waals surface area contributed by atoms with Crippen LogP contribution >= 0.6 is 0 Å². The molecule has 0 atom stereocenters. The van der Waals surface area contributed by atoms with E-state index in [9.17, 15) is 0 Å². The van der Waals surface area contributed by atoms with Gasteiger partial charge in [0, 0.05) is 0 Å². The summed E-state index contributed by atoms with van der Waals surface area (Å²) in [5.41, 5.74) is 1.51. The Hall–Kier alpha value is -0.157. The van der Waals surface area contributed by atoms with Gasteiger partial charge in [0.1, 0.15) is 0 Å². The zero-order valence-electron chi connectivity index (χ0n) is 7.16. The summed E-state index contributed by atoms with van der Waals surface area (Å²) in [5.74, 6) is 0. The van der Waals surface area contributed by atoms with Crippen LogP contribution in [0.3, 0.4) is 0 Å². The summed E-state index contributed by atoms with van der Waals surface area (Å²) in [5, 5.41) is 0. The zero-order valence-corrected chi connectivity index (χ0v) is 8.90. The minimum absolute atomic E-state index is 0. The van der Waals surface area contributed by atoms with Gasteiger partial charge in [-0.1, -0.05) is 20.8 Å². The maximum absolute atomic E-state index is 3.21. The Labute approximate surface area is 81.8 Å². The van der Waals surface area contributed by atoms with E-state index in [2.05, 4.69) is 39.0 Å². The van der Waals surface area contributed by atoms with Crippen molar-refractivity contribution in [3.63, 3.8) is 0 Å². The first-order chi connectivity index (χ1) is 4.61. The molecule has 1 rings (SSSR count). The van der Waals surface area contributed by atoms with Crippen LogP contribution in [0.5, 0.6) is 0 Å². The van der Waals surface area contributed by atoms with Crippen LogP contribution in [-0.2, 0) is 24.9 Å². The standard InChI is InChI=1S/C10H13.Ru/c1-10(2,3)9-7-5-4-6-8-9;/h4-7H,1-3H3;/q-1;+1. The van der Waals surface area contributed by atoms with Gasteiger partial charge in [-0.3, -0.25) is 0 Å². The molecule has 0 amide bonds. The van der Waals surface area contributed by atoms with Gasteiger partial charge in [0.05, 0.1) is 0 Å². The Balaban J connectivity index is 0.000001000. The predicted molar refractivity (Wildman–Crippen MR) is 44.0 cm³/mol. The Kier molecular flexibility index (Phi) is 3.96. The van der Waals surface area contributed by atoms with Crippen LogP contribution in [0, 0.1) is 6.07 Å². The molecule has 0 unspecified atom stereocenters. The van der Waals surface area contributed by atoms with Gasteiger partial charge in [-0.25, -0.2) is 0 Å². The molecular formula is C10H13Ru. The van der Waals surface area contributed by atoms with Crippen molar-refractivity contribution in [1.29, 1.82) is 0 Å². The van der Waals surface area contributed by atoms with Crippen LogP contribution in [0.1, 0.15) is 26.3 Å². The topological polar surface area (TPSA) is 0 Å². The molecule has 1 aromatic rings. The summed E-state index contributed by atoms with van der Waals surface area (Å²) in [6.45, 7) is 6.58. The number of benzene rings is 1. The quantitative estimate of drug-likeness (QED) is 0.478. The van der Waals surface area contributed by atoms with E-state index >= 15 is 0 Å². The van der Waals surface area contributed by atoms with Crippen molar-refractivity contribution in [1.82, 2.24) is 0 Å². The van der Waals surface area contributed by atoms with E-state index in [4.69, 9.17) is 0 Å². The average Bonchev–Trinajstić information content (AvgIpc) is 1.88. The van der Waals surface area contributed by atoms with Crippen molar-refractivity contribution >= 4 is 0 Å². The fourth-order valence-electron chi connectivity index (χ4n) is 0.860. The largest absolute Gasteiger partial charge is 1.00 e. The van der Waals surface area contributed by atoms with Crippen molar-refractivity contribution in [3.05, 3.63) is 35.9 Å². The first-order valence-electron chi connectivity index (χ1n) is 3.58. The zero-order chi connectivity index (χ0) is 7.61. The van der Waals surface area contributed by atoms with Crippen LogP contribution in [0.2, 0.25) is 0 Å². The SMILES string of the molecule is CC(C)(C)c1[c-]cccc1.[Ru+]. The summed E-state index contributed by atoms with van der Waals surface area (Å²) < 4.78 is 0. The minimum atomic E-state index is 0. The van der Waals surface area contributed by atoms with Crippen LogP contribution in [-0.4, -0.2) is 0 Å². The third-order valence-electron chi connectivity index (χ3n) is 1.52. The Morgan fingerprint density at radius 3 is 2.09 bits per heavy atom. The third kappa shape index (κ3) is 3.16. The minimum Gasteiger partial charge on any atom is -0.180 e. The monoisotopic (exact) mass is 235 g/mol. The number of hydrogen-bond acceptors (Lipinski definition) is 0. The third-order valence-corrected chi connectivity index (χ3v) is 1.52. The smallest absolute Gasteiger partial charge is 0.180 e. The molecule has 61 valence electrons. The van der Waals surface area contributed by atoms with Crippen LogP contribution in [0.25, 0.3) is 0 Å². The molecule has 0 aliphatic rings. The molecule has 1 radical (unpaired) electrons. The van der Waals surface area contributed by atoms with Gasteiger partial charge in [0.25, 0.3) is 0 Å². The van der Waals surface area contributed by atoms with E-state index in [0.717, 1.165) is 0 Å². The average molecular weight is 234 g/mol. The molecule has 11 heavy (non-hydrogen) atoms. The molecule has 0 aliphatic carbocycles. The molecule has 0 fully saturated rings. The predicted octanol–water partition coefficient (Wildman–Crippen LogP) is 2.78. The van der Waals surface area contributed by atoms with E-state index in [1.807, 2.05) is 12.1 Å². The van der Waals surface area contributed by atoms with Gasteiger partial charge in [-0.2, -0.15) is 35.9 Å². The summed E-state index contributed by atoms with van der Waals surface area (Å²) in [7, 11) is 0. The molecule has 0 saturated carbocycles. The van der Waals surface area contributed by atoms with Crippen LogP contribution in [0.15, 0.2) is 24.3 Å². The van der Waals surface area contributed by atoms with Crippen LogP contribution < -0.4 is 0 Å². The van der Waals surface area contributed by atoms with Gasteiger partial charge in [0.2, 0.25) is 0 Å². The summed E-state index contributed by atoms with van der Waals surface area (Å²) in [4.78, 5) is 0. The second-order valence-corrected chi connectivity index (χ2v) is 3.53. The Morgan fingerprint density at radius 1 is 1.18 bits per heavy atom. The van der Waals surface area contributed by atoms with Gasteiger partial charge in [-0.15, -0.1) is 0 Å². The van der Waals surface area contributed by atoms with Gasteiger partial charge in [-0.05, 0) is 5.41 Å². The Morgan fingerprint density at radius 2 is 1.82 bits per heavy atom. The fraction of sp³-hybridized carbons (Fsp3) is 0.400. The van der Waals surface area contributed by atoms with E-state index in [1.165, 1.54) is 5.56 Å². The van der Waals surface area contributed by atoms with Crippen LogP contribution in [0.4, 0.5) is 0 Å². The number of hydrogen-bond donors (Lipinski definition) is 0. The summed E-state index contributed by atoms with van der Waals surface area (Å²) in [6, 6.07) is 11.3. The molecule has 1 aromatic carbocycles. The normalized spacial score (nSPS) is 10.5. The van der Waals surface area contributed by atoms with Crippen molar-refractivity contribution in [2.45, 2.75) is 26.2 Å². The van der Waals surface area contributed by atoms with E-state index in [-0.39, 0.29) is 24.9 Å². The molecule has 1 heteroatoms. The van der Waals surface area contributed by atoms with E-state index < -0.39 is 0 Å². The maximum Gasteiger partial charge on any atom is 1.00 e. The second kappa shape index (κ2) is 4.02. The Bertz CT molecular complexity index is 196. The molecule has 0 aromatic heterocycles. The van der Waals surface area contributed by atoms with Gasteiger partial charge >= 0.3 is 19.5 Å². The molecule has 0 aliphatic heterocycles. The van der Waals surface area contributed by atoms with Gasteiger partial charge < -0.3 is 0 Å². The maximum atomic E-state index is 3.21. The van der Waals surface area contributed by atoms with E-state index in [1.54, 1.807) is 0 Å². The summed E-state index contributed by atoms with van der Waals surface area (Å²) >= 11 is 0. The molecule has 0 spiro atoms.